The van der Waals surface area contributed by atoms with Crippen LogP contribution in [-0.4, -0.2) is 28.5 Å². The molecule has 0 aromatic carbocycles. The summed E-state index contributed by atoms with van der Waals surface area (Å²) in [4.78, 5) is 19.5. The number of hydrazine groups is 1. The number of amides is 1. The number of anilines is 2. The van der Waals surface area contributed by atoms with E-state index in [9.17, 15) is 4.79 Å². The van der Waals surface area contributed by atoms with Crippen LogP contribution in [-0.2, 0) is 11.2 Å². The molecule has 0 spiro atoms. The average molecular weight is 250 g/mol. The third kappa shape index (κ3) is 2.67. The molecule has 0 saturated carbocycles. The predicted octanol–water partition coefficient (Wildman–Crippen LogP) is 0.0151. The van der Waals surface area contributed by atoms with Gasteiger partial charge in [0.05, 0.1) is 6.04 Å². The van der Waals surface area contributed by atoms with Gasteiger partial charge in [-0.1, -0.05) is 13.3 Å². The molecule has 5 N–H and O–H groups in total. The largest absolute Gasteiger partial charge is 0.365 e. The number of hydrogen-bond donors (Lipinski definition) is 4. The number of rotatable bonds is 5. The summed E-state index contributed by atoms with van der Waals surface area (Å²) in [6.45, 7) is 2.71. The van der Waals surface area contributed by atoms with Crippen LogP contribution in [0.15, 0.2) is 6.33 Å². The Hall–Kier alpha value is -1.89. The highest BCUT2D eigenvalue weighted by Crippen LogP contribution is 2.22. The maximum atomic E-state index is 11.2. The number of nitrogens with one attached hydrogen (secondary N) is 3. The molecule has 7 heteroatoms. The van der Waals surface area contributed by atoms with Crippen LogP contribution in [0.3, 0.4) is 0 Å². The zero-order valence-corrected chi connectivity index (χ0v) is 10.4. The molecule has 2 rings (SSSR count). The first-order valence-corrected chi connectivity index (χ1v) is 6.08. The summed E-state index contributed by atoms with van der Waals surface area (Å²) in [6.07, 6.45) is 3.73. The monoisotopic (exact) mass is 250 g/mol. The first kappa shape index (κ1) is 12.6. The Morgan fingerprint density at radius 1 is 1.50 bits per heavy atom. The maximum absolute atomic E-state index is 11.2. The van der Waals surface area contributed by atoms with Gasteiger partial charge in [0.2, 0.25) is 5.91 Å². The quantitative estimate of drug-likeness (QED) is 0.433. The molecule has 0 radical (unpaired) electrons. The molecule has 18 heavy (non-hydrogen) atoms. The molecule has 1 aliphatic heterocycles. The lowest BCUT2D eigenvalue weighted by atomic mass is 10.1. The number of carbonyl (C=O) groups excluding carboxylic acids is 1. The van der Waals surface area contributed by atoms with Crippen molar-refractivity contribution in [2.45, 2.75) is 32.2 Å². The molecule has 1 aliphatic rings. The molecule has 1 atom stereocenters. The van der Waals surface area contributed by atoms with E-state index in [0.717, 1.165) is 24.2 Å². The van der Waals surface area contributed by atoms with Gasteiger partial charge in [-0.25, -0.2) is 15.8 Å². The minimum absolute atomic E-state index is 0.0655. The van der Waals surface area contributed by atoms with Gasteiger partial charge in [0.25, 0.3) is 0 Å². The fraction of sp³-hybridized carbons (Fsp3) is 0.545. The second kappa shape index (κ2) is 5.63. The van der Waals surface area contributed by atoms with E-state index < -0.39 is 0 Å². The van der Waals surface area contributed by atoms with Gasteiger partial charge in [-0.05, 0) is 6.42 Å². The van der Waals surface area contributed by atoms with Crippen molar-refractivity contribution in [2.24, 2.45) is 5.84 Å². The average Bonchev–Trinajstić information content (AvgIpc) is 2.77. The van der Waals surface area contributed by atoms with Crippen LogP contribution in [0.4, 0.5) is 11.6 Å². The Bertz CT molecular complexity index is 436. The van der Waals surface area contributed by atoms with E-state index in [2.05, 4.69) is 33.0 Å². The van der Waals surface area contributed by atoms with Crippen molar-refractivity contribution in [3.05, 3.63) is 11.9 Å². The van der Waals surface area contributed by atoms with Crippen molar-refractivity contribution in [3.8, 4) is 0 Å². The normalized spacial score (nSPS) is 18.6. The Morgan fingerprint density at radius 2 is 2.28 bits per heavy atom. The number of nitrogens with two attached hydrogens (primary N) is 1. The van der Waals surface area contributed by atoms with Crippen LogP contribution in [0, 0.1) is 0 Å². The van der Waals surface area contributed by atoms with Crippen LogP contribution in [0.5, 0.6) is 0 Å². The fourth-order valence-electron chi connectivity index (χ4n) is 2.05. The van der Waals surface area contributed by atoms with Crippen molar-refractivity contribution < 1.29 is 4.79 Å². The molecule has 0 aliphatic carbocycles. The van der Waals surface area contributed by atoms with Crippen molar-refractivity contribution in [1.29, 1.82) is 0 Å². The van der Waals surface area contributed by atoms with Crippen LogP contribution in [0.2, 0.25) is 0 Å². The van der Waals surface area contributed by atoms with Crippen LogP contribution >= 0.6 is 0 Å². The molecule has 1 unspecified atom stereocenters. The van der Waals surface area contributed by atoms with E-state index in [1.54, 1.807) is 0 Å². The summed E-state index contributed by atoms with van der Waals surface area (Å²) in [5.41, 5.74) is 3.54. The zero-order valence-electron chi connectivity index (χ0n) is 10.4. The fourth-order valence-corrected chi connectivity index (χ4v) is 2.05. The summed E-state index contributed by atoms with van der Waals surface area (Å²) in [5, 5.41) is 6.05. The molecule has 0 bridgehead atoms. The van der Waals surface area contributed by atoms with Crippen LogP contribution in [0.1, 0.15) is 25.3 Å². The minimum atomic E-state index is 0.0655. The third-order valence-corrected chi connectivity index (χ3v) is 2.90. The van der Waals surface area contributed by atoms with Crippen LogP contribution < -0.4 is 21.9 Å². The molecular weight excluding hydrogens is 232 g/mol. The molecule has 1 aromatic rings. The molecule has 2 heterocycles. The van der Waals surface area contributed by atoms with Crippen molar-refractivity contribution in [3.63, 3.8) is 0 Å². The van der Waals surface area contributed by atoms with Crippen molar-refractivity contribution >= 4 is 17.5 Å². The van der Waals surface area contributed by atoms with Gasteiger partial charge < -0.3 is 16.1 Å². The highest BCUT2D eigenvalue weighted by molar-refractivity contribution is 5.79. The number of hydrogen-bond acceptors (Lipinski definition) is 6. The Balaban J connectivity index is 2.18. The van der Waals surface area contributed by atoms with Gasteiger partial charge in [0, 0.05) is 18.5 Å². The molecule has 1 amide bonds. The molecular formula is C11H18N6O. The first-order chi connectivity index (χ1) is 8.74. The lowest BCUT2D eigenvalue weighted by molar-refractivity contribution is -0.119. The van der Waals surface area contributed by atoms with Gasteiger partial charge in [-0.3, -0.25) is 4.79 Å². The van der Waals surface area contributed by atoms with Gasteiger partial charge >= 0.3 is 0 Å². The van der Waals surface area contributed by atoms with E-state index in [1.165, 1.54) is 6.33 Å². The van der Waals surface area contributed by atoms with Crippen molar-refractivity contribution in [1.82, 2.24) is 15.3 Å². The maximum Gasteiger partial charge on any atom is 0.222 e. The molecule has 1 fully saturated rings. The van der Waals surface area contributed by atoms with E-state index in [0.29, 0.717) is 18.8 Å². The Kier molecular flexibility index (Phi) is 3.93. The lowest BCUT2D eigenvalue weighted by Crippen LogP contribution is -2.24. The molecule has 98 valence electrons. The zero-order chi connectivity index (χ0) is 13.0. The number of carbonyl (C=O) groups is 1. The smallest absolute Gasteiger partial charge is 0.222 e. The lowest BCUT2D eigenvalue weighted by Gasteiger charge is -2.16. The summed E-state index contributed by atoms with van der Waals surface area (Å²) in [6, 6.07) is 0.0774. The first-order valence-electron chi connectivity index (χ1n) is 6.08. The topological polar surface area (TPSA) is 105 Å². The Morgan fingerprint density at radius 3 is 2.89 bits per heavy atom. The van der Waals surface area contributed by atoms with E-state index in [1.807, 2.05) is 0 Å². The number of nitrogen functional groups attached to an aromatic ring is 1. The molecule has 1 aromatic heterocycles. The van der Waals surface area contributed by atoms with E-state index in [4.69, 9.17) is 5.84 Å². The van der Waals surface area contributed by atoms with Gasteiger partial charge in [-0.15, -0.1) is 0 Å². The highest BCUT2D eigenvalue weighted by Gasteiger charge is 2.22. The molecule has 1 saturated heterocycles. The second-order valence-electron chi connectivity index (χ2n) is 4.29. The summed E-state index contributed by atoms with van der Waals surface area (Å²) in [7, 11) is 0. The second-order valence-corrected chi connectivity index (χ2v) is 4.29. The van der Waals surface area contributed by atoms with Crippen LogP contribution in [0.25, 0.3) is 0 Å². The van der Waals surface area contributed by atoms with Gasteiger partial charge in [0.1, 0.15) is 18.0 Å². The SMILES string of the molecule is CCCc1c(NN)ncnc1NC1CNC(=O)C1. The molecule has 7 nitrogen and oxygen atoms in total. The van der Waals surface area contributed by atoms with E-state index >= 15 is 0 Å². The number of nitrogens with zero attached hydrogens (tertiary/aromatic N) is 2. The van der Waals surface area contributed by atoms with E-state index in [-0.39, 0.29) is 11.9 Å². The number of aromatic nitrogens is 2. The summed E-state index contributed by atoms with van der Waals surface area (Å²) < 4.78 is 0. The van der Waals surface area contributed by atoms with Gasteiger partial charge in [-0.2, -0.15) is 0 Å². The minimum Gasteiger partial charge on any atom is -0.365 e. The highest BCUT2D eigenvalue weighted by atomic mass is 16.1. The Labute approximate surface area is 106 Å². The predicted molar refractivity (Wildman–Crippen MR) is 68.9 cm³/mol. The third-order valence-electron chi connectivity index (χ3n) is 2.90. The summed E-state index contributed by atoms with van der Waals surface area (Å²) in [5.74, 6) is 6.89. The standard InChI is InChI=1S/C11H18N6O/c1-2-3-8-10(14-6-15-11(8)17-12)16-7-4-9(18)13-5-7/h6-7H,2-5,12H2,1H3,(H,13,18)(H2,14,15,16,17). The van der Waals surface area contributed by atoms with Gasteiger partial charge in [0.15, 0.2) is 0 Å². The summed E-state index contributed by atoms with van der Waals surface area (Å²) >= 11 is 0. The van der Waals surface area contributed by atoms with Crippen molar-refractivity contribution in [2.75, 3.05) is 17.3 Å².